The first-order valence-corrected chi connectivity index (χ1v) is 8.77. The van der Waals surface area contributed by atoms with Crippen molar-refractivity contribution in [1.29, 1.82) is 0 Å². The quantitative estimate of drug-likeness (QED) is 0.712. The molecular formula is C16H24ClNS. The van der Waals surface area contributed by atoms with Gasteiger partial charge in [-0.15, -0.1) is 11.8 Å². The molecule has 106 valence electrons. The summed E-state index contributed by atoms with van der Waals surface area (Å²) in [6.07, 6.45) is 6.74. The van der Waals surface area contributed by atoms with E-state index in [0.29, 0.717) is 0 Å². The Morgan fingerprint density at radius 2 is 2.05 bits per heavy atom. The number of hydrogen-bond donors (Lipinski definition) is 1. The lowest BCUT2D eigenvalue weighted by Crippen LogP contribution is -2.33. The van der Waals surface area contributed by atoms with E-state index in [1.165, 1.54) is 49.3 Å². The van der Waals surface area contributed by atoms with Crippen molar-refractivity contribution in [2.45, 2.75) is 50.0 Å². The third-order valence-electron chi connectivity index (χ3n) is 3.89. The van der Waals surface area contributed by atoms with Gasteiger partial charge in [0.1, 0.15) is 0 Å². The highest BCUT2D eigenvalue weighted by Crippen LogP contribution is 2.31. The molecule has 0 spiro atoms. The zero-order valence-corrected chi connectivity index (χ0v) is 13.3. The molecule has 0 heterocycles. The Kier molecular flexibility index (Phi) is 6.55. The van der Waals surface area contributed by atoms with Gasteiger partial charge < -0.3 is 5.32 Å². The van der Waals surface area contributed by atoms with Gasteiger partial charge in [-0.3, -0.25) is 0 Å². The number of nitrogens with one attached hydrogen (secondary N) is 1. The summed E-state index contributed by atoms with van der Waals surface area (Å²) in [5.74, 6) is 2.10. The van der Waals surface area contributed by atoms with E-state index in [1.54, 1.807) is 0 Å². The lowest BCUT2D eigenvalue weighted by atomic mass is 10.0. The zero-order chi connectivity index (χ0) is 13.5. The molecule has 3 heteroatoms. The van der Waals surface area contributed by atoms with Crippen molar-refractivity contribution in [3.63, 3.8) is 0 Å². The van der Waals surface area contributed by atoms with Crippen molar-refractivity contribution < 1.29 is 0 Å². The molecule has 1 saturated carbocycles. The second-order valence-corrected chi connectivity index (χ2v) is 6.95. The van der Waals surface area contributed by atoms with Crippen LogP contribution in [0.1, 0.15) is 39.0 Å². The van der Waals surface area contributed by atoms with Crippen molar-refractivity contribution in [2.75, 3.05) is 12.3 Å². The number of rotatable bonds is 7. The maximum Gasteiger partial charge on any atom is 0.0406 e. The zero-order valence-electron chi connectivity index (χ0n) is 11.7. The molecule has 1 aliphatic carbocycles. The van der Waals surface area contributed by atoms with E-state index >= 15 is 0 Å². The Balaban J connectivity index is 1.71. The van der Waals surface area contributed by atoms with Crippen LogP contribution in [0.25, 0.3) is 0 Å². The Bertz CT molecular complexity index is 366. The van der Waals surface area contributed by atoms with Crippen molar-refractivity contribution >= 4 is 23.4 Å². The van der Waals surface area contributed by atoms with Crippen molar-refractivity contribution in [3.8, 4) is 0 Å². The fourth-order valence-corrected chi connectivity index (χ4v) is 3.95. The van der Waals surface area contributed by atoms with Crippen LogP contribution in [0.4, 0.5) is 0 Å². The normalized spacial score (nSPS) is 22.8. The standard InChI is InChI=1S/C16H24ClNS/c1-2-11-18-16-5-3-4-13(16)10-12-19-15-8-6-14(17)7-9-15/h6-9,13,16,18H,2-5,10-12H2,1H3. The molecule has 1 aromatic carbocycles. The largest absolute Gasteiger partial charge is 0.314 e. The van der Waals surface area contributed by atoms with E-state index in [4.69, 9.17) is 11.6 Å². The SMILES string of the molecule is CCCNC1CCCC1CCSc1ccc(Cl)cc1. The van der Waals surface area contributed by atoms with Crippen molar-refractivity contribution in [2.24, 2.45) is 5.92 Å². The molecule has 0 bridgehead atoms. The summed E-state index contributed by atoms with van der Waals surface area (Å²) in [6, 6.07) is 8.96. The molecule has 2 rings (SSSR count). The fourth-order valence-electron chi connectivity index (χ4n) is 2.84. The summed E-state index contributed by atoms with van der Waals surface area (Å²) in [4.78, 5) is 1.33. The molecule has 0 radical (unpaired) electrons. The van der Waals surface area contributed by atoms with Crippen LogP contribution in [0.15, 0.2) is 29.2 Å². The van der Waals surface area contributed by atoms with Gasteiger partial charge in [0.05, 0.1) is 0 Å². The van der Waals surface area contributed by atoms with E-state index in [2.05, 4.69) is 24.4 Å². The molecule has 2 atom stereocenters. The molecule has 1 fully saturated rings. The van der Waals surface area contributed by atoms with Gasteiger partial charge in [0.2, 0.25) is 0 Å². The molecule has 1 N–H and O–H groups in total. The van der Waals surface area contributed by atoms with Crippen LogP contribution >= 0.6 is 23.4 Å². The minimum Gasteiger partial charge on any atom is -0.314 e. The maximum absolute atomic E-state index is 5.90. The molecule has 1 aliphatic rings. The van der Waals surface area contributed by atoms with Crippen molar-refractivity contribution in [3.05, 3.63) is 29.3 Å². The van der Waals surface area contributed by atoms with Crippen LogP contribution in [0, 0.1) is 5.92 Å². The van der Waals surface area contributed by atoms with E-state index in [9.17, 15) is 0 Å². The summed E-state index contributed by atoms with van der Waals surface area (Å²) >= 11 is 7.85. The summed E-state index contributed by atoms with van der Waals surface area (Å²) in [6.45, 7) is 3.42. The van der Waals surface area contributed by atoms with E-state index in [1.807, 2.05) is 23.9 Å². The highest BCUT2D eigenvalue weighted by molar-refractivity contribution is 7.99. The Morgan fingerprint density at radius 3 is 2.79 bits per heavy atom. The van der Waals surface area contributed by atoms with Gasteiger partial charge in [0, 0.05) is 16.0 Å². The Labute approximate surface area is 126 Å². The lowest BCUT2D eigenvalue weighted by Gasteiger charge is -2.20. The van der Waals surface area contributed by atoms with Gasteiger partial charge in [-0.1, -0.05) is 24.9 Å². The topological polar surface area (TPSA) is 12.0 Å². The van der Waals surface area contributed by atoms with Gasteiger partial charge in [0.25, 0.3) is 0 Å². The monoisotopic (exact) mass is 297 g/mol. The fraction of sp³-hybridized carbons (Fsp3) is 0.625. The number of halogens is 1. The highest BCUT2D eigenvalue weighted by atomic mass is 35.5. The second-order valence-electron chi connectivity index (χ2n) is 5.34. The van der Waals surface area contributed by atoms with Gasteiger partial charge in [-0.05, 0) is 68.2 Å². The van der Waals surface area contributed by atoms with Gasteiger partial charge in [-0.25, -0.2) is 0 Å². The predicted molar refractivity (Wildman–Crippen MR) is 86.2 cm³/mol. The van der Waals surface area contributed by atoms with Gasteiger partial charge in [-0.2, -0.15) is 0 Å². The summed E-state index contributed by atoms with van der Waals surface area (Å²) < 4.78 is 0. The van der Waals surface area contributed by atoms with E-state index in [-0.39, 0.29) is 0 Å². The van der Waals surface area contributed by atoms with Gasteiger partial charge >= 0.3 is 0 Å². The molecule has 0 amide bonds. The average Bonchev–Trinajstić information content (AvgIpc) is 2.86. The summed E-state index contributed by atoms with van der Waals surface area (Å²) in [7, 11) is 0. The lowest BCUT2D eigenvalue weighted by molar-refractivity contribution is 0.393. The number of hydrogen-bond acceptors (Lipinski definition) is 2. The average molecular weight is 298 g/mol. The van der Waals surface area contributed by atoms with E-state index < -0.39 is 0 Å². The van der Waals surface area contributed by atoms with Crippen LogP contribution < -0.4 is 5.32 Å². The van der Waals surface area contributed by atoms with Crippen molar-refractivity contribution in [1.82, 2.24) is 5.32 Å². The maximum atomic E-state index is 5.90. The van der Waals surface area contributed by atoms with Crippen LogP contribution in [0.5, 0.6) is 0 Å². The first-order valence-electron chi connectivity index (χ1n) is 7.41. The second kappa shape index (κ2) is 8.18. The number of benzene rings is 1. The third-order valence-corrected chi connectivity index (χ3v) is 5.18. The van der Waals surface area contributed by atoms with Crippen LogP contribution in [0.2, 0.25) is 5.02 Å². The molecular weight excluding hydrogens is 274 g/mol. The molecule has 0 saturated heterocycles. The summed E-state index contributed by atoms with van der Waals surface area (Å²) in [5.41, 5.74) is 0. The molecule has 1 nitrogen and oxygen atoms in total. The Hall–Kier alpha value is -0.180. The van der Waals surface area contributed by atoms with Crippen LogP contribution in [0.3, 0.4) is 0 Å². The predicted octanol–water partition coefficient (Wildman–Crippen LogP) is 4.99. The molecule has 19 heavy (non-hydrogen) atoms. The van der Waals surface area contributed by atoms with Crippen LogP contribution in [-0.4, -0.2) is 18.3 Å². The first-order chi connectivity index (χ1) is 9.29. The smallest absolute Gasteiger partial charge is 0.0406 e. The molecule has 2 unspecified atom stereocenters. The van der Waals surface area contributed by atoms with Crippen LogP contribution in [-0.2, 0) is 0 Å². The third kappa shape index (κ3) is 5.02. The minimum atomic E-state index is 0.769. The van der Waals surface area contributed by atoms with E-state index in [0.717, 1.165) is 17.0 Å². The van der Waals surface area contributed by atoms with Gasteiger partial charge in [0.15, 0.2) is 0 Å². The minimum absolute atomic E-state index is 0.769. The Morgan fingerprint density at radius 1 is 1.26 bits per heavy atom. The molecule has 1 aromatic rings. The highest BCUT2D eigenvalue weighted by Gasteiger charge is 2.25. The first kappa shape index (κ1) is 15.2. The molecule has 0 aromatic heterocycles. The summed E-state index contributed by atoms with van der Waals surface area (Å²) in [5, 5.41) is 4.53. The number of thioether (sulfide) groups is 1. The molecule has 0 aliphatic heterocycles.